The molecule has 0 unspecified atom stereocenters. The number of benzene rings is 1. The molecule has 0 radical (unpaired) electrons. The van der Waals surface area contributed by atoms with Crippen LogP contribution in [-0.4, -0.2) is 37.4 Å². The molecular formula is C16H22N2O5S. The molecule has 0 aromatic heterocycles. The molecule has 0 aliphatic heterocycles. The van der Waals surface area contributed by atoms with E-state index in [2.05, 4.69) is 5.32 Å². The van der Waals surface area contributed by atoms with E-state index in [-0.39, 0.29) is 30.8 Å². The summed E-state index contributed by atoms with van der Waals surface area (Å²) in [6.45, 7) is 2.05. The maximum Gasteiger partial charge on any atom is 0.306 e. The van der Waals surface area contributed by atoms with Crippen molar-refractivity contribution in [2.24, 2.45) is 5.73 Å². The van der Waals surface area contributed by atoms with Crippen LogP contribution in [0.1, 0.15) is 36.5 Å². The maximum atomic E-state index is 12.3. The number of rotatable bonds is 10. The van der Waals surface area contributed by atoms with Crippen LogP contribution in [0, 0.1) is 0 Å². The lowest BCUT2D eigenvalue weighted by Crippen LogP contribution is -2.28. The lowest BCUT2D eigenvalue weighted by molar-refractivity contribution is -0.141. The number of hydrogen-bond acceptors (Lipinski definition) is 6. The molecule has 0 saturated carbocycles. The Morgan fingerprint density at radius 2 is 2.00 bits per heavy atom. The lowest BCUT2D eigenvalue weighted by Gasteiger charge is -2.11. The first-order valence-corrected chi connectivity index (χ1v) is 8.49. The first-order chi connectivity index (χ1) is 11.5. The molecule has 0 bridgehead atoms. The maximum absolute atomic E-state index is 12.3. The number of ether oxygens (including phenoxy) is 2. The zero-order chi connectivity index (χ0) is 17.9. The second-order valence-electron chi connectivity index (χ2n) is 4.86. The quantitative estimate of drug-likeness (QED) is 0.376. The van der Waals surface area contributed by atoms with Crippen molar-refractivity contribution in [2.45, 2.75) is 31.1 Å². The molecule has 2 amide bonds. The molecule has 1 rings (SSSR count). The highest BCUT2D eigenvalue weighted by Crippen LogP contribution is 2.27. The number of primary amides is 1. The Bertz CT molecular complexity index is 592. The minimum atomic E-state index is -0.488. The summed E-state index contributed by atoms with van der Waals surface area (Å²) in [6, 6.07) is 5.03. The number of methoxy groups -OCH3 is 1. The highest BCUT2D eigenvalue weighted by Gasteiger charge is 2.14. The van der Waals surface area contributed by atoms with Gasteiger partial charge in [-0.15, -0.1) is 0 Å². The highest BCUT2D eigenvalue weighted by atomic mass is 32.2. The summed E-state index contributed by atoms with van der Waals surface area (Å²) in [5.74, 6) is -0.462. The molecule has 0 heterocycles. The lowest BCUT2D eigenvalue weighted by atomic mass is 10.2. The SMILES string of the molecule is CCCC(=O)OCSc1ccc(OC)cc1C(=O)NCCC(N)=O. The van der Waals surface area contributed by atoms with Crippen molar-refractivity contribution in [3.05, 3.63) is 23.8 Å². The Labute approximate surface area is 145 Å². The third-order valence-corrected chi connectivity index (χ3v) is 3.88. The van der Waals surface area contributed by atoms with Gasteiger partial charge in [-0.3, -0.25) is 14.4 Å². The zero-order valence-corrected chi connectivity index (χ0v) is 14.6. The molecule has 8 heteroatoms. The van der Waals surface area contributed by atoms with Gasteiger partial charge in [0.1, 0.15) is 11.7 Å². The number of esters is 1. The van der Waals surface area contributed by atoms with Gasteiger partial charge in [-0.05, 0) is 24.6 Å². The zero-order valence-electron chi connectivity index (χ0n) is 13.8. The van der Waals surface area contributed by atoms with Crippen LogP contribution in [0.4, 0.5) is 0 Å². The normalized spacial score (nSPS) is 10.1. The summed E-state index contributed by atoms with van der Waals surface area (Å²) in [5.41, 5.74) is 5.43. The molecular weight excluding hydrogens is 332 g/mol. The minimum absolute atomic E-state index is 0.0623. The van der Waals surface area contributed by atoms with Crippen molar-refractivity contribution in [3.63, 3.8) is 0 Å². The van der Waals surface area contributed by atoms with Crippen LogP contribution in [0.15, 0.2) is 23.1 Å². The third-order valence-electron chi connectivity index (χ3n) is 2.98. The largest absolute Gasteiger partial charge is 0.497 e. The Kier molecular flexibility index (Phi) is 8.70. The molecule has 0 fully saturated rings. The van der Waals surface area contributed by atoms with Crippen molar-refractivity contribution < 1.29 is 23.9 Å². The Morgan fingerprint density at radius 1 is 1.25 bits per heavy atom. The number of carbonyl (C=O) groups is 3. The number of nitrogens with two attached hydrogens (primary N) is 1. The number of amides is 2. The minimum Gasteiger partial charge on any atom is -0.497 e. The molecule has 0 spiro atoms. The van der Waals surface area contributed by atoms with Crippen molar-refractivity contribution in [1.82, 2.24) is 5.32 Å². The van der Waals surface area contributed by atoms with Crippen LogP contribution in [0.3, 0.4) is 0 Å². The molecule has 0 atom stereocenters. The number of hydrogen-bond donors (Lipinski definition) is 2. The fourth-order valence-corrected chi connectivity index (χ4v) is 2.56. The molecule has 132 valence electrons. The van der Waals surface area contributed by atoms with E-state index in [0.29, 0.717) is 22.6 Å². The topological polar surface area (TPSA) is 108 Å². The summed E-state index contributed by atoms with van der Waals surface area (Å²) in [6.07, 6.45) is 1.15. The number of thioether (sulfide) groups is 1. The Balaban J connectivity index is 2.74. The van der Waals surface area contributed by atoms with Crippen LogP contribution in [0.5, 0.6) is 5.75 Å². The van der Waals surface area contributed by atoms with E-state index in [1.165, 1.54) is 18.9 Å². The van der Waals surface area contributed by atoms with Gasteiger partial charge < -0.3 is 20.5 Å². The summed E-state index contributed by atoms with van der Waals surface area (Å²) < 4.78 is 10.2. The third kappa shape index (κ3) is 6.91. The molecule has 24 heavy (non-hydrogen) atoms. The van der Waals surface area contributed by atoms with Gasteiger partial charge in [-0.2, -0.15) is 0 Å². The van der Waals surface area contributed by atoms with Crippen LogP contribution >= 0.6 is 11.8 Å². The molecule has 7 nitrogen and oxygen atoms in total. The van der Waals surface area contributed by atoms with E-state index in [1.807, 2.05) is 6.92 Å². The second kappa shape index (κ2) is 10.5. The first kappa shape index (κ1) is 19.8. The van der Waals surface area contributed by atoms with Crippen molar-refractivity contribution in [3.8, 4) is 5.75 Å². The summed E-state index contributed by atoms with van der Waals surface area (Å²) >= 11 is 1.24. The van der Waals surface area contributed by atoms with E-state index in [4.69, 9.17) is 15.2 Å². The monoisotopic (exact) mass is 354 g/mol. The summed E-state index contributed by atoms with van der Waals surface area (Å²) in [5, 5.41) is 2.63. The van der Waals surface area contributed by atoms with Gasteiger partial charge in [0.05, 0.1) is 12.7 Å². The van der Waals surface area contributed by atoms with Gasteiger partial charge in [-0.25, -0.2) is 0 Å². The van der Waals surface area contributed by atoms with Gasteiger partial charge in [0.2, 0.25) is 5.91 Å². The van der Waals surface area contributed by atoms with Crippen LogP contribution < -0.4 is 15.8 Å². The average Bonchev–Trinajstić information content (AvgIpc) is 2.54. The molecule has 3 N–H and O–H groups in total. The average molecular weight is 354 g/mol. The van der Waals surface area contributed by atoms with Crippen LogP contribution in [0.2, 0.25) is 0 Å². The van der Waals surface area contributed by atoms with E-state index >= 15 is 0 Å². The fraction of sp³-hybridized carbons (Fsp3) is 0.438. The van der Waals surface area contributed by atoms with Crippen molar-refractivity contribution in [1.29, 1.82) is 0 Å². The first-order valence-electron chi connectivity index (χ1n) is 7.50. The second-order valence-corrected chi connectivity index (χ2v) is 5.83. The fourth-order valence-electron chi connectivity index (χ4n) is 1.77. The number of nitrogens with one attached hydrogen (secondary N) is 1. The Morgan fingerprint density at radius 3 is 2.62 bits per heavy atom. The standard InChI is InChI=1S/C16H22N2O5S/c1-3-4-15(20)23-10-24-13-6-5-11(22-2)9-12(13)16(21)18-8-7-14(17)19/h5-6,9H,3-4,7-8,10H2,1-2H3,(H2,17,19)(H,18,21). The van der Waals surface area contributed by atoms with E-state index in [9.17, 15) is 14.4 Å². The van der Waals surface area contributed by atoms with Gasteiger partial charge in [0, 0.05) is 24.3 Å². The van der Waals surface area contributed by atoms with E-state index < -0.39 is 5.91 Å². The summed E-state index contributed by atoms with van der Waals surface area (Å²) in [7, 11) is 1.50. The predicted octanol–water partition coefficient (Wildman–Crippen LogP) is 1.69. The summed E-state index contributed by atoms with van der Waals surface area (Å²) in [4.78, 5) is 35.0. The molecule has 0 aliphatic carbocycles. The van der Waals surface area contributed by atoms with Crippen molar-refractivity contribution in [2.75, 3.05) is 19.6 Å². The molecule has 0 saturated heterocycles. The van der Waals surface area contributed by atoms with E-state index in [0.717, 1.165) is 6.42 Å². The number of carbonyl (C=O) groups excluding carboxylic acids is 3. The Hall–Kier alpha value is -2.22. The predicted molar refractivity (Wildman–Crippen MR) is 90.9 cm³/mol. The van der Waals surface area contributed by atoms with Gasteiger partial charge in [0.15, 0.2) is 0 Å². The van der Waals surface area contributed by atoms with Gasteiger partial charge in [0.25, 0.3) is 5.91 Å². The highest BCUT2D eigenvalue weighted by molar-refractivity contribution is 7.99. The van der Waals surface area contributed by atoms with Crippen molar-refractivity contribution >= 4 is 29.5 Å². The van der Waals surface area contributed by atoms with Crippen LogP contribution in [0.25, 0.3) is 0 Å². The van der Waals surface area contributed by atoms with Gasteiger partial charge >= 0.3 is 5.97 Å². The smallest absolute Gasteiger partial charge is 0.306 e. The van der Waals surface area contributed by atoms with E-state index in [1.54, 1.807) is 18.2 Å². The van der Waals surface area contributed by atoms with Gasteiger partial charge in [-0.1, -0.05) is 18.7 Å². The van der Waals surface area contributed by atoms with Crippen LogP contribution in [-0.2, 0) is 14.3 Å². The molecule has 0 aliphatic rings. The molecule has 1 aromatic carbocycles. The molecule has 1 aromatic rings.